The molecule has 0 saturated carbocycles. The summed E-state index contributed by atoms with van der Waals surface area (Å²) in [6.07, 6.45) is 0.889. The van der Waals surface area contributed by atoms with Gasteiger partial charge in [0.2, 0.25) is 0 Å². The molecule has 0 bridgehead atoms. The molecule has 2 aliphatic rings. The highest BCUT2D eigenvalue weighted by Crippen LogP contribution is 2.41. The molecule has 4 heterocycles. The van der Waals surface area contributed by atoms with Crippen molar-refractivity contribution in [2.45, 2.75) is 13.0 Å². The first-order chi connectivity index (χ1) is 15.5. The number of nitrogen functional groups attached to an aromatic ring is 1. The molecule has 0 atom stereocenters. The van der Waals surface area contributed by atoms with E-state index < -0.39 is 0 Å². The van der Waals surface area contributed by atoms with Crippen molar-refractivity contribution in [1.29, 1.82) is 0 Å². The standard InChI is InChI=1S/C23H27N5O3S/c1-27-7-6-16-17(13-27)21(28-8-10-31-11-9-28)26-23-18(16)19(24)20(32-23)22(29)25-14-4-3-5-15(12-14)30-2/h3-5,12H,6-11,13,24H2,1-2H3,(H,25,29). The number of nitrogens with two attached hydrogens (primary N) is 1. The molecule has 0 radical (unpaired) electrons. The van der Waals surface area contributed by atoms with Crippen LogP contribution in [0.4, 0.5) is 17.2 Å². The van der Waals surface area contributed by atoms with Crippen molar-refractivity contribution in [3.63, 3.8) is 0 Å². The minimum absolute atomic E-state index is 0.228. The zero-order valence-corrected chi connectivity index (χ0v) is 19.1. The molecule has 0 aliphatic carbocycles. The molecule has 5 rings (SSSR count). The average molecular weight is 454 g/mol. The zero-order valence-electron chi connectivity index (χ0n) is 18.3. The lowest BCUT2D eigenvalue weighted by Crippen LogP contribution is -2.39. The van der Waals surface area contributed by atoms with Crippen LogP contribution >= 0.6 is 11.3 Å². The zero-order chi connectivity index (χ0) is 22.2. The molecule has 0 unspecified atom stereocenters. The molecule has 1 amide bonds. The summed E-state index contributed by atoms with van der Waals surface area (Å²) in [7, 11) is 3.73. The second-order valence-corrected chi connectivity index (χ2v) is 9.19. The minimum atomic E-state index is -0.228. The smallest absolute Gasteiger partial charge is 0.267 e. The Balaban J connectivity index is 1.57. The molecule has 1 aromatic carbocycles. The molecule has 1 fully saturated rings. The summed E-state index contributed by atoms with van der Waals surface area (Å²) in [5, 5.41) is 3.88. The summed E-state index contributed by atoms with van der Waals surface area (Å²) in [5.74, 6) is 1.46. The number of amides is 1. The van der Waals surface area contributed by atoms with E-state index in [1.165, 1.54) is 22.5 Å². The highest BCUT2D eigenvalue weighted by atomic mass is 32.1. The third-order valence-electron chi connectivity index (χ3n) is 6.09. The van der Waals surface area contributed by atoms with Crippen molar-refractivity contribution in [3.8, 4) is 5.75 Å². The monoisotopic (exact) mass is 453 g/mol. The Labute approximate surface area is 190 Å². The largest absolute Gasteiger partial charge is 0.497 e. The number of pyridine rings is 1. The number of carbonyl (C=O) groups is 1. The molecule has 8 nitrogen and oxygen atoms in total. The van der Waals surface area contributed by atoms with Gasteiger partial charge in [0.25, 0.3) is 5.91 Å². The molecular formula is C23H27N5O3S. The normalized spacial score (nSPS) is 16.8. The van der Waals surface area contributed by atoms with Crippen LogP contribution in [0.1, 0.15) is 20.8 Å². The van der Waals surface area contributed by atoms with Crippen LogP contribution in [0.2, 0.25) is 0 Å². The van der Waals surface area contributed by atoms with E-state index in [0.29, 0.717) is 35.2 Å². The SMILES string of the molecule is COc1cccc(NC(=O)c2sc3nc(N4CCOCC4)c4c(c3c2N)CCN(C)C4)c1. The van der Waals surface area contributed by atoms with Gasteiger partial charge in [0.15, 0.2) is 0 Å². The van der Waals surface area contributed by atoms with Gasteiger partial charge >= 0.3 is 0 Å². The first kappa shape index (κ1) is 21.0. The lowest BCUT2D eigenvalue weighted by molar-refractivity contribution is 0.103. The van der Waals surface area contributed by atoms with Gasteiger partial charge < -0.3 is 30.3 Å². The first-order valence-electron chi connectivity index (χ1n) is 10.8. The van der Waals surface area contributed by atoms with Crippen LogP contribution in [0.3, 0.4) is 0 Å². The highest BCUT2D eigenvalue weighted by Gasteiger charge is 2.29. The Bertz CT molecular complexity index is 1170. The maximum Gasteiger partial charge on any atom is 0.267 e. The van der Waals surface area contributed by atoms with Gasteiger partial charge in [0.1, 0.15) is 21.3 Å². The third-order valence-corrected chi connectivity index (χ3v) is 7.18. The van der Waals surface area contributed by atoms with Gasteiger partial charge in [-0.25, -0.2) is 4.98 Å². The third kappa shape index (κ3) is 3.76. The number of anilines is 3. The Kier molecular flexibility index (Phi) is 5.62. The second-order valence-electron chi connectivity index (χ2n) is 8.19. The number of morpholine rings is 1. The van der Waals surface area contributed by atoms with Crippen molar-refractivity contribution in [1.82, 2.24) is 9.88 Å². The van der Waals surface area contributed by atoms with E-state index in [2.05, 4.69) is 22.2 Å². The number of benzene rings is 1. The summed E-state index contributed by atoms with van der Waals surface area (Å²) in [6.45, 7) is 4.81. The summed E-state index contributed by atoms with van der Waals surface area (Å²) >= 11 is 1.36. The molecule has 3 aromatic rings. The van der Waals surface area contributed by atoms with Gasteiger partial charge in [0.05, 0.1) is 26.0 Å². The van der Waals surface area contributed by atoms with Gasteiger partial charge in [-0.2, -0.15) is 0 Å². The van der Waals surface area contributed by atoms with Crippen LogP contribution in [-0.2, 0) is 17.7 Å². The number of methoxy groups -OCH3 is 1. The van der Waals surface area contributed by atoms with Crippen LogP contribution < -0.4 is 20.7 Å². The van der Waals surface area contributed by atoms with Crippen molar-refractivity contribution in [3.05, 3.63) is 40.3 Å². The lowest BCUT2D eigenvalue weighted by atomic mass is 9.96. The number of ether oxygens (including phenoxy) is 2. The Morgan fingerprint density at radius 2 is 2.06 bits per heavy atom. The number of nitrogens with zero attached hydrogens (tertiary/aromatic N) is 3. The molecule has 168 valence electrons. The average Bonchev–Trinajstić information content (AvgIpc) is 3.15. The van der Waals surface area contributed by atoms with Crippen molar-refractivity contribution in [2.24, 2.45) is 0 Å². The van der Waals surface area contributed by atoms with E-state index in [1.54, 1.807) is 13.2 Å². The van der Waals surface area contributed by atoms with Crippen LogP contribution in [0.5, 0.6) is 5.75 Å². The predicted octanol–water partition coefficient (Wildman–Crippen LogP) is 2.96. The number of nitrogens with one attached hydrogen (secondary N) is 1. The minimum Gasteiger partial charge on any atom is -0.497 e. The first-order valence-corrected chi connectivity index (χ1v) is 11.6. The lowest BCUT2D eigenvalue weighted by Gasteiger charge is -2.33. The molecular weight excluding hydrogens is 426 g/mol. The fraction of sp³-hybridized carbons (Fsp3) is 0.391. The number of likely N-dealkylation sites (N-methyl/N-ethyl adjacent to an activating group) is 1. The van der Waals surface area contributed by atoms with Crippen molar-refractivity contribution in [2.75, 3.05) is 63.0 Å². The van der Waals surface area contributed by atoms with E-state index in [1.807, 2.05) is 18.2 Å². The van der Waals surface area contributed by atoms with E-state index in [4.69, 9.17) is 20.2 Å². The number of carbonyl (C=O) groups excluding carboxylic acids is 1. The van der Waals surface area contributed by atoms with Gasteiger partial charge in [-0.3, -0.25) is 4.79 Å². The summed E-state index contributed by atoms with van der Waals surface area (Å²) in [6, 6.07) is 7.29. The number of hydrogen-bond acceptors (Lipinski definition) is 8. The number of aromatic nitrogens is 1. The molecule has 0 spiro atoms. The number of rotatable bonds is 4. The fourth-order valence-corrected chi connectivity index (χ4v) is 5.46. The van der Waals surface area contributed by atoms with Crippen molar-refractivity contribution < 1.29 is 14.3 Å². The Morgan fingerprint density at radius 1 is 1.25 bits per heavy atom. The van der Waals surface area contributed by atoms with Crippen molar-refractivity contribution >= 4 is 44.7 Å². The van der Waals surface area contributed by atoms with E-state index >= 15 is 0 Å². The molecule has 3 N–H and O–H groups in total. The van der Waals surface area contributed by atoms with Gasteiger partial charge in [-0.05, 0) is 31.2 Å². The maximum atomic E-state index is 13.1. The second kappa shape index (κ2) is 8.57. The fourth-order valence-electron chi connectivity index (χ4n) is 4.44. The highest BCUT2D eigenvalue weighted by molar-refractivity contribution is 7.21. The predicted molar refractivity (Wildman–Crippen MR) is 128 cm³/mol. The summed E-state index contributed by atoms with van der Waals surface area (Å²) < 4.78 is 10.8. The Hall–Kier alpha value is -2.88. The Morgan fingerprint density at radius 3 is 2.84 bits per heavy atom. The van der Waals surface area contributed by atoms with Crippen LogP contribution in [-0.4, -0.2) is 62.8 Å². The molecule has 9 heteroatoms. The quantitative estimate of drug-likeness (QED) is 0.627. The van der Waals surface area contributed by atoms with Crippen LogP contribution in [0.15, 0.2) is 24.3 Å². The van der Waals surface area contributed by atoms with E-state index in [9.17, 15) is 4.79 Å². The molecule has 2 aromatic heterocycles. The topological polar surface area (TPSA) is 92.9 Å². The number of fused-ring (bicyclic) bond motifs is 3. The molecule has 32 heavy (non-hydrogen) atoms. The number of thiophene rings is 1. The van der Waals surface area contributed by atoms with Crippen LogP contribution in [0.25, 0.3) is 10.2 Å². The molecule has 1 saturated heterocycles. The molecule has 2 aliphatic heterocycles. The maximum absolute atomic E-state index is 13.1. The van der Waals surface area contributed by atoms with Gasteiger partial charge in [-0.1, -0.05) is 6.07 Å². The number of hydrogen-bond donors (Lipinski definition) is 2. The van der Waals surface area contributed by atoms with E-state index in [-0.39, 0.29) is 5.91 Å². The summed E-state index contributed by atoms with van der Waals surface area (Å²) in [4.78, 5) is 24.1. The summed E-state index contributed by atoms with van der Waals surface area (Å²) in [5.41, 5.74) is 10.2. The van der Waals surface area contributed by atoms with Crippen LogP contribution in [0, 0.1) is 0 Å². The van der Waals surface area contributed by atoms with Gasteiger partial charge in [-0.15, -0.1) is 11.3 Å². The van der Waals surface area contributed by atoms with Gasteiger partial charge in [0, 0.05) is 48.9 Å². The van der Waals surface area contributed by atoms with E-state index in [0.717, 1.165) is 48.6 Å².